The maximum Gasteiger partial charge on any atom is 0.00443 e. The predicted octanol–water partition coefficient (Wildman–Crippen LogP) is 3.36. The molecular weight excluding hydrogens is 194 g/mol. The van der Waals surface area contributed by atoms with Gasteiger partial charge in [-0.1, -0.05) is 36.2 Å². The first-order valence-electron chi connectivity index (χ1n) is 6.30. The molecule has 1 aliphatic carbocycles. The molecule has 1 aromatic rings. The van der Waals surface area contributed by atoms with Crippen LogP contribution in [-0.4, -0.2) is 6.04 Å². The van der Waals surface area contributed by atoms with Crippen LogP contribution in [0.5, 0.6) is 0 Å². The van der Waals surface area contributed by atoms with E-state index in [2.05, 4.69) is 39.0 Å². The Bertz CT molecular complexity index is 363. The maximum absolute atomic E-state index is 6.02. The van der Waals surface area contributed by atoms with E-state index >= 15 is 0 Å². The Hall–Kier alpha value is -0.820. The monoisotopic (exact) mass is 217 g/mol. The number of hydrogen-bond acceptors (Lipinski definition) is 1. The van der Waals surface area contributed by atoms with Crippen molar-refractivity contribution in [3.8, 4) is 0 Å². The van der Waals surface area contributed by atoms with E-state index in [9.17, 15) is 0 Å². The van der Waals surface area contributed by atoms with Crippen LogP contribution >= 0.6 is 0 Å². The summed E-state index contributed by atoms with van der Waals surface area (Å²) in [7, 11) is 0. The second-order valence-electron chi connectivity index (χ2n) is 5.99. The van der Waals surface area contributed by atoms with Crippen LogP contribution in [0.3, 0.4) is 0 Å². The standard InChI is InChI=1S/C15H23N/c1-11-6-12(2)8-13(7-11)9-15(3)5-4-14(16)10-15/h6-8,14H,4-5,9-10,16H2,1-3H3. The zero-order valence-corrected chi connectivity index (χ0v) is 10.7. The normalized spacial score (nSPS) is 29.6. The fourth-order valence-corrected chi connectivity index (χ4v) is 3.20. The lowest BCUT2D eigenvalue weighted by molar-refractivity contribution is 0.329. The van der Waals surface area contributed by atoms with Crippen molar-refractivity contribution in [1.82, 2.24) is 0 Å². The predicted molar refractivity (Wildman–Crippen MR) is 69.6 cm³/mol. The van der Waals surface area contributed by atoms with Crippen molar-refractivity contribution in [2.45, 2.75) is 52.5 Å². The van der Waals surface area contributed by atoms with Gasteiger partial charge in [0.1, 0.15) is 0 Å². The molecule has 16 heavy (non-hydrogen) atoms. The molecule has 0 spiro atoms. The van der Waals surface area contributed by atoms with Gasteiger partial charge in [-0.25, -0.2) is 0 Å². The molecule has 1 nitrogen and oxygen atoms in total. The number of hydrogen-bond donors (Lipinski definition) is 1. The van der Waals surface area contributed by atoms with Crippen LogP contribution in [0, 0.1) is 19.3 Å². The van der Waals surface area contributed by atoms with Crippen LogP contribution in [-0.2, 0) is 6.42 Å². The smallest absolute Gasteiger partial charge is 0.00443 e. The van der Waals surface area contributed by atoms with Crippen molar-refractivity contribution in [2.24, 2.45) is 11.1 Å². The minimum absolute atomic E-state index is 0.427. The summed E-state index contributed by atoms with van der Waals surface area (Å²) < 4.78 is 0. The molecule has 0 heterocycles. The molecule has 0 bridgehead atoms. The minimum atomic E-state index is 0.427. The van der Waals surface area contributed by atoms with E-state index in [1.54, 1.807) is 0 Å². The van der Waals surface area contributed by atoms with Gasteiger partial charge in [-0.2, -0.15) is 0 Å². The van der Waals surface area contributed by atoms with E-state index in [1.165, 1.54) is 42.4 Å². The highest BCUT2D eigenvalue weighted by atomic mass is 14.7. The van der Waals surface area contributed by atoms with Crippen LogP contribution < -0.4 is 5.73 Å². The Morgan fingerprint density at radius 3 is 2.38 bits per heavy atom. The molecule has 1 aliphatic rings. The highest BCUT2D eigenvalue weighted by molar-refractivity contribution is 5.29. The maximum atomic E-state index is 6.02. The van der Waals surface area contributed by atoms with Crippen molar-refractivity contribution < 1.29 is 0 Å². The van der Waals surface area contributed by atoms with Gasteiger partial charge >= 0.3 is 0 Å². The summed E-state index contributed by atoms with van der Waals surface area (Å²) in [6, 6.07) is 7.31. The molecular formula is C15H23N. The van der Waals surface area contributed by atoms with Crippen LogP contribution in [0.15, 0.2) is 18.2 Å². The van der Waals surface area contributed by atoms with E-state index in [1.807, 2.05) is 0 Å². The second-order valence-corrected chi connectivity index (χ2v) is 5.99. The molecule has 2 unspecified atom stereocenters. The average Bonchev–Trinajstić information content (AvgIpc) is 2.43. The van der Waals surface area contributed by atoms with Crippen molar-refractivity contribution in [3.63, 3.8) is 0 Å². The van der Waals surface area contributed by atoms with Gasteiger partial charge in [0.25, 0.3) is 0 Å². The molecule has 2 rings (SSSR count). The molecule has 2 atom stereocenters. The molecule has 1 heteroatoms. The van der Waals surface area contributed by atoms with Gasteiger partial charge < -0.3 is 5.73 Å². The SMILES string of the molecule is Cc1cc(C)cc(CC2(C)CCC(N)C2)c1. The number of rotatable bonds is 2. The van der Waals surface area contributed by atoms with Crippen molar-refractivity contribution in [1.29, 1.82) is 0 Å². The molecule has 88 valence electrons. The largest absolute Gasteiger partial charge is 0.328 e. The summed E-state index contributed by atoms with van der Waals surface area (Å²) in [6.45, 7) is 6.75. The quantitative estimate of drug-likeness (QED) is 0.807. The van der Waals surface area contributed by atoms with E-state index in [0.29, 0.717) is 11.5 Å². The highest BCUT2D eigenvalue weighted by Gasteiger charge is 2.33. The summed E-state index contributed by atoms with van der Waals surface area (Å²) in [6.07, 6.45) is 4.84. The average molecular weight is 217 g/mol. The highest BCUT2D eigenvalue weighted by Crippen LogP contribution is 2.39. The Labute approximate surface area is 99.0 Å². The molecule has 1 fully saturated rings. The van der Waals surface area contributed by atoms with Crippen molar-refractivity contribution >= 4 is 0 Å². The van der Waals surface area contributed by atoms with Crippen LogP contribution in [0.4, 0.5) is 0 Å². The summed E-state index contributed by atoms with van der Waals surface area (Å²) in [5.41, 5.74) is 10.7. The van der Waals surface area contributed by atoms with Gasteiger partial charge in [0.05, 0.1) is 0 Å². The van der Waals surface area contributed by atoms with Gasteiger partial charge in [0.15, 0.2) is 0 Å². The topological polar surface area (TPSA) is 26.0 Å². The Balaban J connectivity index is 2.14. The molecule has 1 aromatic carbocycles. The van der Waals surface area contributed by atoms with E-state index in [4.69, 9.17) is 5.73 Å². The Kier molecular flexibility index (Phi) is 3.07. The van der Waals surface area contributed by atoms with Crippen LogP contribution in [0.2, 0.25) is 0 Å². The zero-order chi connectivity index (χ0) is 11.8. The molecule has 1 saturated carbocycles. The van der Waals surface area contributed by atoms with Crippen LogP contribution in [0.1, 0.15) is 42.9 Å². The lowest BCUT2D eigenvalue weighted by Crippen LogP contribution is -2.21. The van der Waals surface area contributed by atoms with Gasteiger partial charge in [0.2, 0.25) is 0 Å². The first-order valence-corrected chi connectivity index (χ1v) is 6.30. The molecule has 0 saturated heterocycles. The number of benzene rings is 1. The van der Waals surface area contributed by atoms with E-state index in [0.717, 1.165) is 0 Å². The number of aryl methyl sites for hydroxylation is 2. The van der Waals surface area contributed by atoms with Gasteiger partial charge in [-0.05, 0) is 50.5 Å². The van der Waals surface area contributed by atoms with Gasteiger partial charge in [0, 0.05) is 6.04 Å². The fourth-order valence-electron chi connectivity index (χ4n) is 3.20. The summed E-state index contributed by atoms with van der Waals surface area (Å²) in [4.78, 5) is 0. The first kappa shape index (κ1) is 11.7. The molecule has 0 aliphatic heterocycles. The molecule has 0 amide bonds. The third-order valence-electron chi connectivity index (χ3n) is 3.79. The zero-order valence-electron chi connectivity index (χ0n) is 10.7. The van der Waals surface area contributed by atoms with E-state index in [-0.39, 0.29) is 0 Å². The summed E-state index contributed by atoms with van der Waals surface area (Å²) >= 11 is 0. The van der Waals surface area contributed by atoms with Gasteiger partial charge in [-0.15, -0.1) is 0 Å². The minimum Gasteiger partial charge on any atom is -0.328 e. The Morgan fingerprint density at radius 2 is 1.88 bits per heavy atom. The number of nitrogens with two attached hydrogens (primary N) is 1. The third kappa shape index (κ3) is 2.65. The summed E-state index contributed by atoms with van der Waals surface area (Å²) in [5, 5.41) is 0. The Morgan fingerprint density at radius 1 is 1.25 bits per heavy atom. The van der Waals surface area contributed by atoms with Crippen molar-refractivity contribution in [3.05, 3.63) is 34.9 Å². The molecule has 0 aromatic heterocycles. The lowest BCUT2D eigenvalue weighted by Gasteiger charge is -2.24. The van der Waals surface area contributed by atoms with E-state index < -0.39 is 0 Å². The first-order chi connectivity index (χ1) is 7.47. The summed E-state index contributed by atoms with van der Waals surface area (Å²) in [5.74, 6) is 0. The second kappa shape index (κ2) is 4.21. The molecule has 2 N–H and O–H groups in total. The third-order valence-corrected chi connectivity index (χ3v) is 3.79. The molecule has 0 radical (unpaired) electrons. The van der Waals surface area contributed by atoms with Crippen molar-refractivity contribution in [2.75, 3.05) is 0 Å². The van der Waals surface area contributed by atoms with Gasteiger partial charge in [-0.3, -0.25) is 0 Å². The fraction of sp³-hybridized carbons (Fsp3) is 0.600. The lowest BCUT2D eigenvalue weighted by atomic mass is 9.81. The van der Waals surface area contributed by atoms with Crippen LogP contribution in [0.25, 0.3) is 0 Å².